The molecular formula is C38H43N2O8P. The number of carbonyl (C=O) groups excluding carboxylic acids is 3. The van der Waals surface area contributed by atoms with E-state index in [0.29, 0.717) is 6.42 Å². The van der Waals surface area contributed by atoms with Crippen LogP contribution in [0.15, 0.2) is 121 Å². The van der Waals surface area contributed by atoms with Crippen LogP contribution in [0.4, 0.5) is 4.79 Å². The van der Waals surface area contributed by atoms with Crippen molar-refractivity contribution in [2.45, 2.75) is 58.6 Å². The summed E-state index contributed by atoms with van der Waals surface area (Å²) in [5.41, 5.74) is 3.05. The van der Waals surface area contributed by atoms with Gasteiger partial charge in [-0.2, -0.15) is 0 Å². The average Bonchev–Trinajstić information content (AvgIpc) is 3.12. The number of alkyl carbamates (subject to hydrolysis) is 1. The third kappa shape index (κ3) is 13.4. The minimum atomic E-state index is -4.26. The van der Waals surface area contributed by atoms with Gasteiger partial charge in [-0.05, 0) is 41.0 Å². The number of ketones is 1. The molecule has 258 valence electrons. The molecule has 0 radical (unpaired) electrons. The van der Waals surface area contributed by atoms with Gasteiger partial charge in [-0.3, -0.25) is 23.2 Å². The largest absolute Gasteiger partial charge is 0.475 e. The molecule has 0 aliphatic rings. The number of ether oxygens (including phenoxy) is 1. The summed E-state index contributed by atoms with van der Waals surface area (Å²) in [6.07, 6.45) is -0.335. The predicted octanol–water partition coefficient (Wildman–Crippen LogP) is 7.18. The van der Waals surface area contributed by atoms with E-state index in [1.807, 2.05) is 111 Å². The summed E-state index contributed by atoms with van der Waals surface area (Å²) in [4.78, 5) is 40.1. The quantitative estimate of drug-likeness (QED) is 0.0993. The molecule has 10 nitrogen and oxygen atoms in total. The molecule has 0 aromatic heterocycles. The Bertz CT molecular complexity index is 1590. The Morgan fingerprint density at radius 3 is 1.51 bits per heavy atom. The number of hydrogen-bond acceptors (Lipinski definition) is 8. The highest BCUT2D eigenvalue weighted by molar-refractivity contribution is 7.48. The van der Waals surface area contributed by atoms with Crippen LogP contribution in [0.2, 0.25) is 0 Å². The van der Waals surface area contributed by atoms with Crippen LogP contribution in [0.1, 0.15) is 42.5 Å². The molecule has 4 aromatic carbocycles. The highest BCUT2D eigenvalue weighted by atomic mass is 31.2. The zero-order chi connectivity index (χ0) is 34.9. The average molecular weight is 687 g/mol. The second-order valence-electron chi connectivity index (χ2n) is 11.8. The molecule has 0 saturated heterocycles. The number of Topliss-reactive ketones (excluding diaryl/α,β-unsaturated/α-hetero) is 1. The predicted molar refractivity (Wildman–Crippen MR) is 186 cm³/mol. The van der Waals surface area contributed by atoms with Crippen molar-refractivity contribution < 1.29 is 37.3 Å². The third-order valence-corrected chi connectivity index (χ3v) is 8.68. The summed E-state index contributed by atoms with van der Waals surface area (Å²) in [6, 6.07) is 34.5. The van der Waals surface area contributed by atoms with E-state index < -0.39 is 44.3 Å². The van der Waals surface area contributed by atoms with Gasteiger partial charge in [0.05, 0.1) is 19.3 Å². The first-order valence-corrected chi connectivity index (χ1v) is 17.6. The number of hydrogen-bond donors (Lipinski definition) is 2. The summed E-state index contributed by atoms with van der Waals surface area (Å²) >= 11 is 0. The van der Waals surface area contributed by atoms with Gasteiger partial charge >= 0.3 is 13.9 Å². The molecule has 0 saturated carbocycles. The van der Waals surface area contributed by atoms with Crippen LogP contribution in [0, 0.1) is 5.92 Å². The van der Waals surface area contributed by atoms with E-state index in [4.69, 9.17) is 18.3 Å². The van der Waals surface area contributed by atoms with Crippen molar-refractivity contribution in [3.63, 3.8) is 0 Å². The fraction of sp³-hybridized carbons (Fsp3) is 0.289. The Labute approximate surface area is 287 Å². The van der Waals surface area contributed by atoms with Crippen LogP contribution in [0.3, 0.4) is 0 Å². The third-order valence-electron chi connectivity index (χ3n) is 7.35. The first-order chi connectivity index (χ1) is 23.7. The Balaban J connectivity index is 1.46. The summed E-state index contributed by atoms with van der Waals surface area (Å²) in [7, 11) is -4.26. The highest BCUT2D eigenvalue weighted by Crippen LogP contribution is 2.51. The number of carbonyl (C=O) groups is 3. The SMILES string of the molecule is CC(C)C[C@H](NC(=O)OCc1ccccc1)C(=O)N[C@@H](Cc1ccccc1)C(=O)COP(=O)(OCc1ccccc1)OCc1ccccc1. The molecule has 0 aliphatic heterocycles. The zero-order valence-corrected chi connectivity index (χ0v) is 28.6. The van der Waals surface area contributed by atoms with Gasteiger partial charge < -0.3 is 15.4 Å². The minimum absolute atomic E-state index is 0.0335. The van der Waals surface area contributed by atoms with Crippen molar-refractivity contribution in [2.24, 2.45) is 5.92 Å². The van der Waals surface area contributed by atoms with Crippen LogP contribution in [-0.4, -0.2) is 36.5 Å². The lowest BCUT2D eigenvalue weighted by molar-refractivity contribution is -0.130. The van der Waals surface area contributed by atoms with Gasteiger partial charge in [0, 0.05) is 0 Å². The zero-order valence-electron chi connectivity index (χ0n) is 27.7. The van der Waals surface area contributed by atoms with Gasteiger partial charge in [0.2, 0.25) is 5.91 Å². The van der Waals surface area contributed by atoms with Crippen LogP contribution in [0.25, 0.3) is 0 Å². The van der Waals surface area contributed by atoms with Crippen molar-refractivity contribution in [2.75, 3.05) is 6.61 Å². The molecule has 0 spiro atoms. The lowest BCUT2D eigenvalue weighted by Gasteiger charge is -2.24. The van der Waals surface area contributed by atoms with E-state index in [1.165, 1.54) is 0 Å². The van der Waals surface area contributed by atoms with Gasteiger partial charge in [-0.1, -0.05) is 135 Å². The van der Waals surface area contributed by atoms with E-state index in [2.05, 4.69) is 10.6 Å². The van der Waals surface area contributed by atoms with Gasteiger partial charge in [-0.25, -0.2) is 9.36 Å². The number of nitrogens with one attached hydrogen (secondary N) is 2. The van der Waals surface area contributed by atoms with Gasteiger partial charge in [0.15, 0.2) is 5.78 Å². The van der Waals surface area contributed by atoms with Crippen molar-refractivity contribution >= 4 is 25.6 Å². The van der Waals surface area contributed by atoms with Crippen LogP contribution >= 0.6 is 7.82 Å². The molecule has 0 heterocycles. The molecule has 49 heavy (non-hydrogen) atoms. The minimum Gasteiger partial charge on any atom is -0.445 e. The van der Waals surface area contributed by atoms with Crippen molar-refractivity contribution in [3.05, 3.63) is 144 Å². The van der Waals surface area contributed by atoms with Crippen molar-refractivity contribution in [1.82, 2.24) is 10.6 Å². The van der Waals surface area contributed by atoms with Crippen LogP contribution < -0.4 is 10.6 Å². The van der Waals surface area contributed by atoms with E-state index in [0.717, 1.165) is 22.3 Å². The van der Waals surface area contributed by atoms with Gasteiger partial charge in [-0.15, -0.1) is 0 Å². The maximum atomic E-state index is 13.8. The number of phosphoric acid groups is 1. The smallest absolute Gasteiger partial charge is 0.445 e. The number of rotatable bonds is 19. The molecule has 2 amide bonds. The van der Waals surface area contributed by atoms with Crippen LogP contribution in [0.5, 0.6) is 0 Å². The molecule has 4 rings (SSSR count). The summed E-state index contributed by atoms with van der Waals surface area (Å²) in [5, 5.41) is 5.44. The first-order valence-electron chi connectivity index (χ1n) is 16.1. The molecule has 2 N–H and O–H groups in total. The molecule has 0 unspecified atom stereocenters. The summed E-state index contributed by atoms with van der Waals surface area (Å²) < 4.78 is 36.1. The maximum absolute atomic E-state index is 13.8. The Kier molecular flexibility index (Phi) is 14.7. The fourth-order valence-corrected chi connectivity index (χ4v) is 5.91. The molecule has 0 fully saturated rings. The van der Waals surface area contributed by atoms with E-state index in [9.17, 15) is 18.9 Å². The second kappa shape index (κ2) is 19.4. The molecule has 4 aromatic rings. The standard InChI is InChI=1S/C38H43N2O8P/c1-29(2)23-35(40-38(43)45-25-31-17-9-4-10-18-31)37(42)39-34(24-30-15-7-3-8-16-30)36(41)28-48-49(44,46-26-32-19-11-5-12-20-32)47-27-33-21-13-6-14-22-33/h3-22,29,34-35H,23-28H2,1-2H3,(H,39,42)(H,40,43)/t34-,35-/m0/s1. The molecule has 2 atom stereocenters. The molecule has 0 bridgehead atoms. The first kappa shape index (κ1) is 37.2. The maximum Gasteiger partial charge on any atom is 0.475 e. The van der Waals surface area contributed by atoms with Crippen molar-refractivity contribution in [3.8, 4) is 0 Å². The lowest BCUT2D eigenvalue weighted by atomic mass is 10.00. The van der Waals surface area contributed by atoms with Crippen molar-refractivity contribution in [1.29, 1.82) is 0 Å². The van der Waals surface area contributed by atoms with E-state index >= 15 is 0 Å². The monoisotopic (exact) mass is 686 g/mol. The lowest BCUT2D eigenvalue weighted by Crippen LogP contribution is -2.53. The number of phosphoric ester groups is 1. The van der Waals surface area contributed by atoms with Gasteiger partial charge in [0.25, 0.3) is 0 Å². The number of amides is 2. The van der Waals surface area contributed by atoms with E-state index in [1.54, 1.807) is 24.3 Å². The fourth-order valence-electron chi connectivity index (χ4n) is 4.79. The van der Waals surface area contributed by atoms with E-state index in [-0.39, 0.29) is 32.2 Å². The summed E-state index contributed by atoms with van der Waals surface area (Å²) in [6.45, 7) is 3.05. The van der Waals surface area contributed by atoms with Gasteiger partial charge in [0.1, 0.15) is 19.3 Å². The Morgan fingerprint density at radius 2 is 1.04 bits per heavy atom. The summed E-state index contributed by atoms with van der Waals surface area (Å²) in [5.74, 6) is -1.09. The highest BCUT2D eigenvalue weighted by Gasteiger charge is 2.32. The molecule has 0 aliphatic carbocycles. The second-order valence-corrected chi connectivity index (χ2v) is 13.5. The van der Waals surface area contributed by atoms with Crippen LogP contribution in [-0.2, 0) is 58.7 Å². The number of benzene rings is 4. The topological polar surface area (TPSA) is 129 Å². The molecule has 11 heteroatoms. The molecular weight excluding hydrogens is 643 g/mol. The Morgan fingerprint density at radius 1 is 0.592 bits per heavy atom. The normalized spacial score (nSPS) is 12.6. The Hall–Kier alpha value is -4.60.